The molecule has 0 N–H and O–H groups in total. The molecule has 0 unspecified atom stereocenters. The first-order valence-corrected chi connectivity index (χ1v) is 6.93. The Bertz CT molecular complexity index is 408. The lowest BCUT2D eigenvalue weighted by Crippen LogP contribution is -2.36. The quantitative estimate of drug-likeness (QED) is 0.855. The van der Waals surface area contributed by atoms with E-state index in [1.807, 2.05) is 0 Å². The predicted octanol–water partition coefficient (Wildman–Crippen LogP) is 3.58. The molecule has 18 heavy (non-hydrogen) atoms. The van der Waals surface area contributed by atoms with Crippen LogP contribution in [0.5, 0.6) is 5.75 Å². The predicted molar refractivity (Wildman–Crippen MR) is 73.2 cm³/mol. The van der Waals surface area contributed by atoms with E-state index < -0.39 is 5.82 Å². The zero-order valence-corrected chi connectivity index (χ0v) is 11.6. The van der Waals surface area contributed by atoms with Gasteiger partial charge in [0.05, 0.1) is 11.6 Å². The summed E-state index contributed by atoms with van der Waals surface area (Å²) in [6, 6.07) is 4.49. The Balaban J connectivity index is 1.98. The largest absolute Gasteiger partial charge is 0.493 e. The maximum Gasteiger partial charge on any atom is 0.145 e. The topological polar surface area (TPSA) is 18.5 Å². The van der Waals surface area contributed by atoms with Gasteiger partial charge in [-0.2, -0.15) is 12.6 Å². The molecular weight excluding hydrogens is 275 g/mol. The van der Waals surface area contributed by atoms with E-state index in [0.29, 0.717) is 12.4 Å². The van der Waals surface area contributed by atoms with Gasteiger partial charge in [0.15, 0.2) is 0 Å². The monoisotopic (exact) mass is 290 g/mol. The van der Waals surface area contributed by atoms with Crippen LogP contribution in [0.3, 0.4) is 0 Å². The summed E-state index contributed by atoms with van der Waals surface area (Å²) in [6.07, 6.45) is 1.85. The normalized spacial score (nSPS) is 18.6. The lowest BCUT2D eigenvalue weighted by atomic mass is 9.83. The van der Waals surface area contributed by atoms with Crippen molar-refractivity contribution in [2.75, 3.05) is 25.6 Å². The number of rotatable bonds is 4. The summed E-state index contributed by atoms with van der Waals surface area (Å²) in [4.78, 5) is 0. The van der Waals surface area contributed by atoms with Gasteiger partial charge in [-0.15, -0.1) is 0 Å². The molecule has 1 aromatic carbocycles. The summed E-state index contributed by atoms with van der Waals surface area (Å²) >= 11 is 10.0. The van der Waals surface area contributed by atoms with Crippen LogP contribution in [-0.2, 0) is 4.74 Å². The molecule has 0 saturated carbocycles. The van der Waals surface area contributed by atoms with Crippen molar-refractivity contribution in [3.63, 3.8) is 0 Å². The fraction of sp³-hybridized carbons (Fsp3) is 0.538. The summed E-state index contributed by atoms with van der Waals surface area (Å²) in [5, 5.41) is 0.109. The van der Waals surface area contributed by atoms with Crippen LogP contribution in [0.2, 0.25) is 5.02 Å². The first-order valence-electron chi connectivity index (χ1n) is 5.92. The lowest BCUT2D eigenvalue weighted by Gasteiger charge is -2.35. The van der Waals surface area contributed by atoms with Crippen molar-refractivity contribution in [2.24, 2.45) is 5.41 Å². The Labute approximate surface area is 117 Å². The van der Waals surface area contributed by atoms with E-state index in [2.05, 4.69) is 12.6 Å². The summed E-state index contributed by atoms with van der Waals surface area (Å²) in [7, 11) is 0. The van der Waals surface area contributed by atoms with Gasteiger partial charge in [0.2, 0.25) is 0 Å². The Kier molecular flexibility index (Phi) is 4.76. The molecule has 0 aromatic heterocycles. The highest BCUT2D eigenvalue weighted by Crippen LogP contribution is 2.33. The maximum absolute atomic E-state index is 13.3. The Morgan fingerprint density at radius 2 is 2.11 bits per heavy atom. The smallest absolute Gasteiger partial charge is 0.145 e. The fourth-order valence-corrected chi connectivity index (χ4v) is 2.48. The molecule has 0 atom stereocenters. The highest BCUT2D eigenvalue weighted by molar-refractivity contribution is 7.80. The average molecular weight is 291 g/mol. The average Bonchev–Trinajstić information content (AvgIpc) is 2.41. The van der Waals surface area contributed by atoms with Crippen molar-refractivity contribution < 1.29 is 13.9 Å². The first-order chi connectivity index (χ1) is 8.65. The van der Waals surface area contributed by atoms with Crippen molar-refractivity contribution in [2.45, 2.75) is 12.8 Å². The van der Waals surface area contributed by atoms with E-state index in [0.717, 1.165) is 31.8 Å². The fourth-order valence-electron chi connectivity index (χ4n) is 1.96. The van der Waals surface area contributed by atoms with Gasteiger partial charge in [0.1, 0.15) is 11.6 Å². The Morgan fingerprint density at radius 1 is 1.39 bits per heavy atom. The molecule has 2 rings (SSSR count). The van der Waals surface area contributed by atoms with E-state index in [1.54, 1.807) is 6.07 Å². The maximum atomic E-state index is 13.3. The molecule has 1 heterocycles. The van der Waals surface area contributed by atoms with Gasteiger partial charge in [0, 0.05) is 24.7 Å². The van der Waals surface area contributed by atoms with Gasteiger partial charge >= 0.3 is 0 Å². The first kappa shape index (κ1) is 14.0. The molecule has 0 spiro atoms. The van der Waals surface area contributed by atoms with Crippen LogP contribution in [0.15, 0.2) is 18.2 Å². The molecule has 2 nitrogen and oxygen atoms in total. The minimum absolute atomic E-state index is 0.0253. The number of thiol groups is 1. The van der Waals surface area contributed by atoms with E-state index in [4.69, 9.17) is 21.1 Å². The van der Waals surface area contributed by atoms with Crippen LogP contribution >= 0.6 is 24.2 Å². The van der Waals surface area contributed by atoms with Crippen LogP contribution in [0, 0.1) is 11.2 Å². The number of hydrogen-bond donors (Lipinski definition) is 1. The van der Waals surface area contributed by atoms with Crippen LogP contribution in [0.25, 0.3) is 0 Å². The third kappa shape index (κ3) is 3.31. The van der Waals surface area contributed by atoms with Crippen molar-refractivity contribution in [3.05, 3.63) is 29.0 Å². The van der Waals surface area contributed by atoms with E-state index in [9.17, 15) is 4.39 Å². The summed E-state index contributed by atoms with van der Waals surface area (Å²) in [6.45, 7) is 2.00. The highest BCUT2D eigenvalue weighted by Gasteiger charge is 2.32. The zero-order chi connectivity index (χ0) is 13.0. The molecule has 1 fully saturated rings. The molecule has 1 aromatic rings. The third-order valence-corrected chi connectivity index (χ3v) is 4.30. The van der Waals surface area contributed by atoms with E-state index in [1.165, 1.54) is 12.1 Å². The minimum atomic E-state index is -0.457. The molecule has 1 aliphatic heterocycles. The summed E-state index contributed by atoms with van der Waals surface area (Å²) in [5.74, 6) is 0.789. The molecule has 5 heteroatoms. The molecule has 0 bridgehead atoms. The number of benzene rings is 1. The Morgan fingerprint density at radius 3 is 2.72 bits per heavy atom. The van der Waals surface area contributed by atoms with Gasteiger partial charge in [-0.1, -0.05) is 11.6 Å². The number of halogens is 2. The van der Waals surface area contributed by atoms with Crippen molar-refractivity contribution in [3.8, 4) is 5.75 Å². The third-order valence-electron chi connectivity index (χ3n) is 3.32. The van der Waals surface area contributed by atoms with Crippen molar-refractivity contribution in [1.82, 2.24) is 0 Å². The van der Waals surface area contributed by atoms with Gasteiger partial charge in [-0.25, -0.2) is 4.39 Å². The molecule has 1 saturated heterocycles. The van der Waals surface area contributed by atoms with Crippen LogP contribution in [0.4, 0.5) is 4.39 Å². The van der Waals surface area contributed by atoms with Crippen LogP contribution in [0.1, 0.15) is 12.8 Å². The molecular formula is C13H16ClFO2S. The molecule has 100 valence electrons. The molecule has 1 aliphatic rings. The van der Waals surface area contributed by atoms with E-state index in [-0.39, 0.29) is 10.4 Å². The molecule has 0 radical (unpaired) electrons. The van der Waals surface area contributed by atoms with Gasteiger partial charge in [0.25, 0.3) is 0 Å². The van der Waals surface area contributed by atoms with Gasteiger partial charge in [-0.3, -0.25) is 0 Å². The molecule has 0 aliphatic carbocycles. The second kappa shape index (κ2) is 6.13. The van der Waals surface area contributed by atoms with Crippen molar-refractivity contribution in [1.29, 1.82) is 0 Å². The van der Waals surface area contributed by atoms with Gasteiger partial charge < -0.3 is 9.47 Å². The summed E-state index contributed by atoms with van der Waals surface area (Å²) in [5.41, 5.74) is 0.0253. The molecule has 0 amide bonds. The Hall–Kier alpha value is -0.450. The zero-order valence-electron chi connectivity index (χ0n) is 9.99. The summed E-state index contributed by atoms with van der Waals surface area (Å²) < 4.78 is 24.3. The SMILES string of the molecule is Fc1cc(OCC2(CS)CCOCC2)ccc1Cl. The van der Waals surface area contributed by atoms with Crippen LogP contribution in [-0.4, -0.2) is 25.6 Å². The number of ether oxygens (including phenoxy) is 2. The number of hydrogen-bond acceptors (Lipinski definition) is 3. The standard InChI is InChI=1S/C13H16ClFO2S/c14-11-2-1-10(7-12(11)15)17-8-13(9-18)3-5-16-6-4-13/h1-2,7,18H,3-6,8-9H2. The second-order valence-corrected chi connectivity index (χ2v) is 5.36. The second-order valence-electron chi connectivity index (χ2n) is 4.64. The van der Waals surface area contributed by atoms with Crippen molar-refractivity contribution >= 4 is 24.2 Å². The lowest BCUT2D eigenvalue weighted by molar-refractivity contribution is 0.00306. The van der Waals surface area contributed by atoms with E-state index >= 15 is 0 Å². The van der Waals surface area contributed by atoms with Crippen LogP contribution < -0.4 is 4.74 Å². The highest BCUT2D eigenvalue weighted by atomic mass is 35.5. The minimum Gasteiger partial charge on any atom is -0.493 e. The van der Waals surface area contributed by atoms with Gasteiger partial charge in [-0.05, 0) is 30.7 Å².